The van der Waals surface area contributed by atoms with Crippen molar-refractivity contribution in [2.45, 2.75) is 30.3 Å². The van der Waals surface area contributed by atoms with E-state index < -0.39 is 21.9 Å². The summed E-state index contributed by atoms with van der Waals surface area (Å²) in [6.45, 7) is 0. The van der Waals surface area contributed by atoms with Crippen molar-refractivity contribution in [1.82, 2.24) is 9.78 Å². The number of benzene rings is 2. The maximum absolute atomic E-state index is 13.8. The fourth-order valence-electron chi connectivity index (χ4n) is 3.54. The number of alkyl halides is 3. The summed E-state index contributed by atoms with van der Waals surface area (Å²) in [5.74, 6) is 1.13. The molecule has 0 amide bonds. The number of ether oxygens (including phenoxy) is 1. The van der Waals surface area contributed by atoms with Gasteiger partial charge in [0.2, 0.25) is 10.0 Å². The standard InChI is InChI=1S/C21H20F3N3O3S/c1-30-18-9-8-14(11-15(18)10-13-6-7-13)16-12-27(26-20(16)21(22,23)24)17-4-2-3-5-19(17)31(25,28)29/h2-5,8-9,11-13H,6-7,10H2,1H3,(H2,25,28,29). The van der Waals surface area contributed by atoms with E-state index in [1.165, 1.54) is 43.6 Å². The Morgan fingerprint density at radius 2 is 1.90 bits per heavy atom. The summed E-state index contributed by atoms with van der Waals surface area (Å²) in [4.78, 5) is -0.318. The molecule has 4 rings (SSSR count). The number of aromatic nitrogens is 2. The minimum atomic E-state index is -4.74. The second-order valence-corrected chi connectivity index (χ2v) is 9.05. The molecule has 2 N–H and O–H groups in total. The van der Waals surface area contributed by atoms with Gasteiger partial charge in [-0.15, -0.1) is 0 Å². The van der Waals surface area contributed by atoms with Crippen LogP contribution in [0.4, 0.5) is 13.2 Å². The van der Waals surface area contributed by atoms with Crippen molar-refractivity contribution in [2.75, 3.05) is 7.11 Å². The van der Waals surface area contributed by atoms with Crippen LogP contribution in [0.5, 0.6) is 5.75 Å². The topological polar surface area (TPSA) is 87.2 Å². The number of hydrogen-bond donors (Lipinski definition) is 1. The Balaban J connectivity index is 1.88. The van der Waals surface area contributed by atoms with Gasteiger partial charge >= 0.3 is 6.18 Å². The predicted octanol–water partition coefficient (Wildman–Crippen LogP) is 4.17. The Kier molecular flexibility index (Phi) is 5.30. The average molecular weight is 451 g/mol. The molecule has 0 atom stereocenters. The van der Waals surface area contributed by atoms with Gasteiger partial charge in [-0.25, -0.2) is 18.2 Å². The molecule has 164 valence electrons. The van der Waals surface area contributed by atoms with Crippen molar-refractivity contribution >= 4 is 10.0 Å². The van der Waals surface area contributed by atoms with Gasteiger partial charge < -0.3 is 4.74 Å². The molecule has 1 aliphatic carbocycles. The molecular weight excluding hydrogens is 431 g/mol. The van der Waals surface area contributed by atoms with E-state index in [2.05, 4.69) is 5.10 Å². The maximum atomic E-state index is 13.8. The average Bonchev–Trinajstić information content (AvgIpc) is 3.39. The summed E-state index contributed by atoms with van der Waals surface area (Å²) < 4.78 is 71.6. The molecule has 0 unspecified atom stereocenters. The van der Waals surface area contributed by atoms with Gasteiger partial charge in [0.1, 0.15) is 10.6 Å². The van der Waals surface area contributed by atoms with E-state index in [-0.39, 0.29) is 16.1 Å². The Morgan fingerprint density at radius 1 is 1.19 bits per heavy atom. The predicted molar refractivity (Wildman–Crippen MR) is 108 cm³/mol. The van der Waals surface area contributed by atoms with Crippen LogP contribution in [0.1, 0.15) is 24.1 Å². The highest BCUT2D eigenvalue weighted by molar-refractivity contribution is 7.89. The van der Waals surface area contributed by atoms with Crippen LogP contribution in [-0.2, 0) is 22.6 Å². The lowest BCUT2D eigenvalue weighted by Gasteiger charge is -2.11. The van der Waals surface area contributed by atoms with Gasteiger partial charge in [0.15, 0.2) is 5.69 Å². The van der Waals surface area contributed by atoms with Crippen LogP contribution in [-0.4, -0.2) is 25.3 Å². The third-order valence-corrected chi connectivity index (χ3v) is 6.16. The van der Waals surface area contributed by atoms with Crippen LogP contribution in [0.3, 0.4) is 0 Å². The van der Waals surface area contributed by atoms with Crippen LogP contribution >= 0.6 is 0 Å². The number of nitrogens with zero attached hydrogens (tertiary/aromatic N) is 2. The fraction of sp³-hybridized carbons (Fsp3) is 0.286. The zero-order valence-corrected chi connectivity index (χ0v) is 17.4. The summed E-state index contributed by atoms with van der Waals surface area (Å²) in [7, 11) is -2.64. The first-order chi connectivity index (χ1) is 14.6. The molecule has 10 heteroatoms. The van der Waals surface area contributed by atoms with E-state index in [4.69, 9.17) is 9.88 Å². The zero-order valence-electron chi connectivity index (χ0n) is 16.6. The molecular formula is C21H20F3N3O3S. The van der Waals surface area contributed by atoms with Gasteiger partial charge in [0.25, 0.3) is 0 Å². The lowest BCUT2D eigenvalue weighted by atomic mass is 9.99. The number of rotatable bonds is 6. The molecule has 0 bridgehead atoms. The summed E-state index contributed by atoms with van der Waals surface area (Å²) in [5, 5.41) is 8.92. The molecule has 1 aliphatic rings. The molecule has 1 heterocycles. The smallest absolute Gasteiger partial charge is 0.435 e. The third kappa shape index (κ3) is 4.45. The van der Waals surface area contributed by atoms with Crippen LogP contribution in [0, 0.1) is 5.92 Å². The van der Waals surface area contributed by atoms with E-state index >= 15 is 0 Å². The number of hydrogen-bond acceptors (Lipinski definition) is 4. The van der Waals surface area contributed by atoms with Gasteiger partial charge in [-0.3, -0.25) is 0 Å². The quantitative estimate of drug-likeness (QED) is 0.610. The van der Waals surface area contributed by atoms with Crippen molar-refractivity contribution in [3.8, 4) is 22.6 Å². The van der Waals surface area contributed by atoms with Gasteiger partial charge in [0, 0.05) is 11.8 Å². The lowest BCUT2D eigenvalue weighted by molar-refractivity contribution is -0.140. The number of primary sulfonamides is 1. The fourth-order valence-corrected chi connectivity index (χ4v) is 4.26. The highest BCUT2D eigenvalue weighted by Gasteiger charge is 2.38. The lowest BCUT2D eigenvalue weighted by Crippen LogP contribution is -2.16. The molecule has 3 aromatic rings. The highest BCUT2D eigenvalue weighted by atomic mass is 32.2. The normalized spacial score (nSPS) is 14.6. The number of sulfonamides is 1. The summed E-state index contributed by atoms with van der Waals surface area (Å²) >= 11 is 0. The van der Waals surface area contributed by atoms with E-state index in [1.807, 2.05) is 0 Å². The molecule has 31 heavy (non-hydrogen) atoms. The van der Waals surface area contributed by atoms with Gasteiger partial charge in [-0.1, -0.05) is 18.2 Å². The van der Waals surface area contributed by atoms with E-state index in [1.54, 1.807) is 12.1 Å². The molecule has 0 spiro atoms. The largest absolute Gasteiger partial charge is 0.496 e. The Labute approximate surface area is 177 Å². The molecule has 1 fully saturated rings. The SMILES string of the molecule is COc1ccc(-c2cn(-c3ccccc3S(N)(=O)=O)nc2C(F)(F)F)cc1CC1CC1. The second-order valence-electron chi connectivity index (χ2n) is 7.52. The zero-order chi connectivity index (χ0) is 22.4. The van der Waals surface area contributed by atoms with Crippen LogP contribution in [0.15, 0.2) is 53.6 Å². The first kappa shape index (κ1) is 21.4. The first-order valence-electron chi connectivity index (χ1n) is 9.54. The minimum Gasteiger partial charge on any atom is -0.496 e. The van der Waals surface area contributed by atoms with Crippen molar-refractivity contribution in [1.29, 1.82) is 0 Å². The van der Waals surface area contributed by atoms with Crippen molar-refractivity contribution in [3.05, 3.63) is 59.9 Å². The maximum Gasteiger partial charge on any atom is 0.435 e. The summed E-state index contributed by atoms with van der Waals surface area (Å²) in [5.41, 5.74) is -0.180. The molecule has 0 aliphatic heterocycles. The second kappa shape index (κ2) is 7.69. The van der Waals surface area contributed by atoms with Gasteiger partial charge in [0.05, 0.1) is 12.8 Å². The minimum absolute atomic E-state index is 0.0616. The van der Waals surface area contributed by atoms with Crippen molar-refractivity contribution in [2.24, 2.45) is 11.1 Å². The number of nitrogens with two attached hydrogens (primary N) is 1. The monoisotopic (exact) mass is 451 g/mol. The first-order valence-corrected chi connectivity index (χ1v) is 11.1. The molecule has 1 aromatic heterocycles. The highest BCUT2D eigenvalue weighted by Crippen LogP contribution is 2.40. The number of para-hydroxylation sites is 1. The summed E-state index contributed by atoms with van der Waals surface area (Å²) in [6.07, 6.45) is -0.670. The van der Waals surface area contributed by atoms with Crippen LogP contribution in [0.25, 0.3) is 16.8 Å². The molecule has 0 radical (unpaired) electrons. The van der Waals surface area contributed by atoms with E-state index in [0.29, 0.717) is 17.2 Å². The summed E-state index contributed by atoms with van der Waals surface area (Å²) in [6, 6.07) is 10.4. The van der Waals surface area contributed by atoms with E-state index in [9.17, 15) is 21.6 Å². The van der Waals surface area contributed by atoms with Gasteiger partial charge in [-0.2, -0.15) is 18.3 Å². The third-order valence-electron chi connectivity index (χ3n) is 5.20. The molecule has 6 nitrogen and oxygen atoms in total. The van der Waals surface area contributed by atoms with E-state index in [0.717, 1.165) is 29.5 Å². The Hall–Kier alpha value is -2.85. The van der Waals surface area contributed by atoms with Gasteiger partial charge in [-0.05, 0) is 60.6 Å². The molecule has 2 aromatic carbocycles. The van der Waals surface area contributed by atoms with Crippen molar-refractivity contribution in [3.63, 3.8) is 0 Å². The van der Waals surface area contributed by atoms with Crippen molar-refractivity contribution < 1.29 is 26.3 Å². The number of methoxy groups -OCH3 is 1. The number of halogens is 3. The Morgan fingerprint density at radius 3 is 2.52 bits per heavy atom. The molecule has 0 saturated heterocycles. The van der Waals surface area contributed by atoms with Crippen LogP contribution in [0.2, 0.25) is 0 Å². The van der Waals surface area contributed by atoms with Crippen LogP contribution < -0.4 is 9.88 Å². The Bertz CT molecular complexity index is 1230. The molecule has 1 saturated carbocycles.